The van der Waals surface area contributed by atoms with Gasteiger partial charge in [-0.15, -0.1) is 0 Å². The number of hydrogen-bond acceptors (Lipinski definition) is 5. The second-order valence-corrected chi connectivity index (χ2v) is 4.58. The summed E-state index contributed by atoms with van der Waals surface area (Å²) in [5, 5.41) is 4.39. The van der Waals surface area contributed by atoms with Crippen LogP contribution >= 0.6 is 11.6 Å². The van der Waals surface area contributed by atoms with E-state index in [0.717, 1.165) is 12.8 Å². The number of pyridine rings is 1. The number of nitrogens with zero attached hydrogens (tertiary/aromatic N) is 3. The maximum absolute atomic E-state index is 6.00. The Hall–Kier alpha value is -1.46. The SMILES string of the molecule is NC(c1noc(-c2ccncc2Cl)n1)C1CC1. The van der Waals surface area contributed by atoms with Crippen LogP contribution < -0.4 is 5.73 Å². The van der Waals surface area contributed by atoms with Crippen LogP contribution in [0.5, 0.6) is 0 Å². The molecular weight excluding hydrogens is 240 g/mol. The third-order valence-corrected chi connectivity index (χ3v) is 3.17. The third kappa shape index (κ3) is 2.03. The fraction of sp³-hybridized carbons (Fsp3) is 0.364. The van der Waals surface area contributed by atoms with E-state index >= 15 is 0 Å². The molecular formula is C11H11ClN4O. The van der Waals surface area contributed by atoms with Crippen molar-refractivity contribution in [2.75, 3.05) is 0 Å². The molecule has 1 unspecified atom stereocenters. The Kier molecular flexibility index (Phi) is 2.57. The summed E-state index contributed by atoms with van der Waals surface area (Å²) in [6, 6.07) is 1.61. The molecule has 1 fully saturated rings. The van der Waals surface area contributed by atoms with Gasteiger partial charge in [-0.2, -0.15) is 4.98 Å². The van der Waals surface area contributed by atoms with Crippen LogP contribution in [0.4, 0.5) is 0 Å². The molecule has 2 aromatic rings. The monoisotopic (exact) mass is 250 g/mol. The highest BCUT2D eigenvalue weighted by molar-refractivity contribution is 6.32. The minimum absolute atomic E-state index is 0.131. The second kappa shape index (κ2) is 4.09. The summed E-state index contributed by atoms with van der Waals surface area (Å²) < 4.78 is 5.18. The lowest BCUT2D eigenvalue weighted by Crippen LogP contribution is -2.13. The van der Waals surface area contributed by atoms with Crippen molar-refractivity contribution in [1.82, 2.24) is 15.1 Å². The lowest BCUT2D eigenvalue weighted by Gasteiger charge is -2.01. The molecule has 0 bridgehead atoms. The van der Waals surface area contributed by atoms with Crippen molar-refractivity contribution in [3.8, 4) is 11.5 Å². The number of nitrogens with two attached hydrogens (primary N) is 1. The molecule has 0 radical (unpaired) electrons. The Labute approximate surface area is 103 Å². The van der Waals surface area contributed by atoms with Gasteiger partial charge >= 0.3 is 0 Å². The highest BCUT2D eigenvalue weighted by Crippen LogP contribution is 2.39. The van der Waals surface area contributed by atoms with E-state index in [0.29, 0.717) is 28.2 Å². The first-order chi connectivity index (χ1) is 8.25. The smallest absolute Gasteiger partial charge is 0.259 e. The zero-order chi connectivity index (χ0) is 11.8. The van der Waals surface area contributed by atoms with E-state index < -0.39 is 0 Å². The van der Waals surface area contributed by atoms with Gasteiger partial charge in [0.2, 0.25) is 0 Å². The van der Waals surface area contributed by atoms with Gasteiger partial charge in [0.25, 0.3) is 5.89 Å². The molecule has 2 heterocycles. The van der Waals surface area contributed by atoms with E-state index in [2.05, 4.69) is 15.1 Å². The first kappa shape index (κ1) is 10.7. The van der Waals surface area contributed by atoms with Crippen molar-refractivity contribution in [3.05, 3.63) is 29.3 Å². The van der Waals surface area contributed by atoms with Gasteiger partial charge in [0.15, 0.2) is 5.82 Å². The minimum atomic E-state index is -0.131. The van der Waals surface area contributed by atoms with Crippen LogP contribution in [0.2, 0.25) is 5.02 Å². The first-order valence-electron chi connectivity index (χ1n) is 5.45. The van der Waals surface area contributed by atoms with Crippen LogP contribution in [0.25, 0.3) is 11.5 Å². The van der Waals surface area contributed by atoms with Crippen LogP contribution in [0.15, 0.2) is 23.0 Å². The molecule has 6 heteroatoms. The highest BCUT2D eigenvalue weighted by atomic mass is 35.5. The van der Waals surface area contributed by atoms with Crippen molar-refractivity contribution >= 4 is 11.6 Å². The van der Waals surface area contributed by atoms with E-state index in [1.54, 1.807) is 18.5 Å². The topological polar surface area (TPSA) is 77.8 Å². The lowest BCUT2D eigenvalue weighted by atomic mass is 10.2. The van der Waals surface area contributed by atoms with Crippen molar-refractivity contribution in [1.29, 1.82) is 0 Å². The molecule has 0 amide bonds. The Balaban J connectivity index is 1.92. The third-order valence-electron chi connectivity index (χ3n) is 2.87. The van der Waals surface area contributed by atoms with Gasteiger partial charge < -0.3 is 10.3 Å². The van der Waals surface area contributed by atoms with Gasteiger partial charge in [-0.25, -0.2) is 0 Å². The Morgan fingerprint density at radius 3 is 3.00 bits per heavy atom. The predicted octanol–water partition coefficient (Wildman–Crippen LogP) is 2.19. The summed E-state index contributed by atoms with van der Waals surface area (Å²) in [5.74, 6) is 1.44. The molecule has 2 N–H and O–H groups in total. The molecule has 1 aliphatic rings. The molecule has 0 spiro atoms. The Bertz CT molecular complexity index is 538. The Morgan fingerprint density at radius 1 is 1.47 bits per heavy atom. The zero-order valence-corrected chi connectivity index (χ0v) is 9.76. The molecule has 2 aromatic heterocycles. The molecule has 5 nitrogen and oxygen atoms in total. The van der Waals surface area contributed by atoms with Crippen LogP contribution in [-0.2, 0) is 0 Å². The maximum Gasteiger partial charge on any atom is 0.259 e. The largest absolute Gasteiger partial charge is 0.334 e. The maximum atomic E-state index is 6.00. The van der Waals surface area contributed by atoms with Crippen LogP contribution in [0.3, 0.4) is 0 Å². The van der Waals surface area contributed by atoms with Gasteiger partial charge in [-0.1, -0.05) is 16.8 Å². The molecule has 1 atom stereocenters. The summed E-state index contributed by atoms with van der Waals surface area (Å²) in [6.45, 7) is 0. The van der Waals surface area contributed by atoms with Gasteiger partial charge in [0, 0.05) is 12.4 Å². The Morgan fingerprint density at radius 2 is 2.29 bits per heavy atom. The van der Waals surface area contributed by atoms with Crippen LogP contribution in [-0.4, -0.2) is 15.1 Å². The highest BCUT2D eigenvalue weighted by Gasteiger charge is 2.32. The van der Waals surface area contributed by atoms with Gasteiger partial charge in [-0.05, 0) is 24.8 Å². The number of rotatable bonds is 3. The normalized spacial score (nSPS) is 17.1. The van der Waals surface area contributed by atoms with Gasteiger partial charge in [0.1, 0.15) is 0 Å². The summed E-state index contributed by atoms with van der Waals surface area (Å²) in [6.07, 6.45) is 5.45. The van der Waals surface area contributed by atoms with E-state index in [4.69, 9.17) is 21.9 Å². The molecule has 88 valence electrons. The van der Waals surface area contributed by atoms with Gasteiger partial charge in [0.05, 0.1) is 16.6 Å². The molecule has 0 aliphatic heterocycles. The lowest BCUT2D eigenvalue weighted by molar-refractivity contribution is 0.411. The summed E-state index contributed by atoms with van der Waals surface area (Å²) in [7, 11) is 0. The molecule has 3 rings (SSSR count). The molecule has 0 saturated heterocycles. The number of aromatic nitrogens is 3. The van der Waals surface area contributed by atoms with E-state index in [1.165, 1.54) is 0 Å². The molecule has 17 heavy (non-hydrogen) atoms. The van der Waals surface area contributed by atoms with E-state index in [1.807, 2.05) is 0 Å². The zero-order valence-electron chi connectivity index (χ0n) is 9.01. The van der Waals surface area contributed by atoms with Crippen molar-refractivity contribution in [3.63, 3.8) is 0 Å². The van der Waals surface area contributed by atoms with Crippen LogP contribution in [0.1, 0.15) is 24.7 Å². The van der Waals surface area contributed by atoms with Crippen molar-refractivity contribution in [2.45, 2.75) is 18.9 Å². The van der Waals surface area contributed by atoms with E-state index in [-0.39, 0.29) is 6.04 Å². The van der Waals surface area contributed by atoms with Crippen molar-refractivity contribution in [2.24, 2.45) is 11.7 Å². The fourth-order valence-corrected chi connectivity index (χ4v) is 1.89. The van der Waals surface area contributed by atoms with Gasteiger partial charge in [-0.3, -0.25) is 4.98 Å². The summed E-state index contributed by atoms with van der Waals surface area (Å²) in [5.41, 5.74) is 6.68. The molecule has 0 aromatic carbocycles. The average Bonchev–Trinajstić information content (AvgIpc) is 3.07. The van der Waals surface area contributed by atoms with E-state index in [9.17, 15) is 0 Å². The summed E-state index contributed by atoms with van der Waals surface area (Å²) >= 11 is 6.00. The quantitative estimate of drug-likeness (QED) is 0.904. The van der Waals surface area contributed by atoms with Crippen LogP contribution in [0, 0.1) is 5.92 Å². The number of halogens is 1. The average molecular weight is 251 g/mol. The predicted molar refractivity (Wildman–Crippen MR) is 62.2 cm³/mol. The first-order valence-corrected chi connectivity index (χ1v) is 5.82. The minimum Gasteiger partial charge on any atom is -0.334 e. The summed E-state index contributed by atoms with van der Waals surface area (Å²) in [4.78, 5) is 8.19. The standard InChI is InChI=1S/C11H11ClN4O/c12-8-5-14-4-3-7(8)11-15-10(16-17-11)9(13)6-1-2-6/h3-6,9H,1-2,13H2. The number of hydrogen-bond donors (Lipinski definition) is 1. The van der Waals surface area contributed by atoms with Crippen molar-refractivity contribution < 1.29 is 4.52 Å². The molecule has 1 saturated carbocycles. The second-order valence-electron chi connectivity index (χ2n) is 4.18. The molecule has 1 aliphatic carbocycles. The fourth-order valence-electron chi connectivity index (χ4n) is 1.69.